The van der Waals surface area contributed by atoms with Gasteiger partial charge in [0.1, 0.15) is 11.6 Å². The van der Waals surface area contributed by atoms with Crippen molar-refractivity contribution in [3.63, 3.8) is 0 Å². The Kier molecular flexibility index (Phi) is 5.01. The Morgan fingerprint density at radius 2 is 2.04 bits per heavy atom. The third-order valence-electron chi connectivity index (χ3n) is 3.99. The zero-order chi connectivity index (χ0) is 17.8. The van der Waals surface area contributed by atoms with E-state index in [2.05, 4.69) is 26.2 Å². The van der Waals surface area contributed by atoms with E-state index in [9.17, 15) is 10.1 Å². The fraction of sp³-hybridized carbons (Fsp3) is 0.100. The number of hydrogen-bond acceptors (Lipinski definition) is 2. The van der Waals surface area contributed by atoms with E-state index in [-0.39, 0.29) is 17.5 Å². The number of nitriles is 1. The summed E-state index contributed by atoms with van der Waals surface area (Å²) in [5, 5.41) is 13.2. The molecular formula is C20H16BrN3O. The van der Waals surface area contributed by atoms with Crippen LogP contribution in [-0.4, -0.2) is 10.9 Å². The topological polar surface area (TPSA) is 68.7 Å². The lowest BCUT2D eigenvalue weighted by Gasteiger charge is -2.13. The molecule has 124 valence electrons. The van der Waals surface area contributed by atoms with Crippen molar-refractivity contribution in [2.24, 2.45) is 0 Å². The third-order valence-corrected chi connectivity index (χ3v) is 4.48. The van der Waals surface area contributed by atoms with E-state index in [0.29, 0.717) is 0 Å². The number of halogens is 1. The second-order valence-electron chi connectivity index (χ2n) is 5.71. The summed E-state index contributed by atoms with van der Waals surface area (Å²) in [5.41, 5.74) is 2.81. The monoisotopic (exact) mass is 393 g/mol. The van der Waals surface area contributed by atoms with Gasteiger partial charge in [-0.25, -0.2) is 0 Å². The molecule has 0 saturated carbocycles. The Hall–Kier alpha value is -2.84. The van der Waals surface area contributed by atoms with Gasteiger partial charge in [-0.3, -0.25) is 4.79 Å². The molecule has 5 heteroatoms. The second kappa shape index (κ2) is 7.37. The normalized spacial score (nSPS) is 12.6. The Balaban J connectivity index is 1.86. The van der Waals surface area contributed by atoms with Crippen LogP contribution in [-0.2, 0) is 4.79 Å². The molecule has 1 aromatic heterocycles. The maximum atomic E-state index is 12.5. The lowest BCUT2D eigenvalue weighted by atomic mass is 10.1. The van der Waals surface area contributed by atoms with Crippen LogP contribution in [0.2, 0.25) is 0 Å². The van der Waals surface area contributed by atoms with E-state index < -0.39 is 0 Å². The highest BCUT2D eigenvalue weighted by Crippen LogP contribution is 2.24. The Morgan fingerprint density at radius 1 is 1.28 bits per heavy atom. The van der Waals surface area contributed by atoms with Gasteiger partial charge in [0.15, 0.2) is 0 Å². The number of nitrogens with zero attached hydrogens (tertiary/aromatic N) is 1. The molecule has 4 nitrogen and oxygen atoms in total. The van der Waals surface area contributed by atoms with Gasteiger partial charge in [0.05, 0.1) is 6.04 Å². The minimum atomic E-state index is -0.386. The van der Waals surface area contributed by atoms with Crippen LogP contribution >= 0.6 is 15.9 Å². The Morgan fingerprint density at radius 3 is 2.76 bits per heavy atom. The molecule has 0 bridgehead atoms. The van der Waals surface area contributed by atoms with Crippen LogP contribution in [0.1, 0.15) is 24.1 Å². The Labute approximate surface area is 154 Å². The van der Waals surface area contributed by atoms with Crippen LogP contribution in [0, 0.1) is 11.3 Å². The number of aromatic amines is 1. The maximum Gasteiger partial charge on any atom is 0.262 e. The summed E-state index contributed by atoms with van der Waals surface area (Å²) >= 11 is 3.44. The molecule has 1 atom stereocenters. The quantitative estimate of drug-likeness (QED) is 0.497. The first-order chi connectivity index (χ1) is 12.1. The van der Waals surface area contributed by atoms with Gasteiger partial charge in [-0.15, -0.1) is 0 Å². The van der Waals surface area contributed by atoms with Gasteiger partial charge in [0.25, 0.3) is 5.91 Å². The SMILES string of the molecule is C[C@H](NC(=O)/C(C#N)=C\c1c[nH]c2ccc(Br)cc12)c1ccccc1. The molecule has 0 unspecified atom stereocenters. The van der Waals surface area contributed by atoms with Gasteiger partial charge in [-0.05, 0) is 36.8 Å². The van der Waals surface area contributed by atoms with Crippen molar-refractivity contribution in [3.8, 4) is 6.07 Å². The highest BCUT2D eigenvalue weighted by Gasteiger charge is 2.14. The summed E-state index contributed by atoms with van der Waals surface area (Å²) in [6.45, 7) is 1.89. The first-order valence-corrected chi connectivity index (χ1v) is 8.62. The smallest absolute Gasteiger partial charge is 0.262 e. The molecule has 1 heterocycles. The van der Waals surface area contributed by atoms with Crippen LogP contribution in [0.4, 0.5) is 0 Å². The number of hydrogen-bond donors (Lipinski definition) is 2. The van der Waals surface area contributed by atoms with E-state index in [4.69, 9.17) is 0 Å². The summed E-state index contributed by atoms with van der Waals surface area (Å²) in [6.07, 6.45) is 3.40. The second-order valence-corrected chi connectivity index (χ2v) is 6.63. The van der Waals surface area contributed by atoms with Gasteiger partial charge in [0, 0.05) is 27.1 Å². The van der Waals surface area contributed by atoms with Crippen LogP contribution in [0.3, 0.4) is 0 Å². The van der Waals surface area contributed by atoms with E-state index in [0.717, 1.165) is 26.5 Å². The fourth-order valence-electron chi connectivity index (χ4n) is 2.64. The molecule has 0 saturated heterocycles. The molecule has 3 rings (SSSR count). The number of benzene rings is 2. The van der Waals surface area contributed by atoms with Gasteiger partial charge in [-0.2, -0.15) is 5.26 Å². The van der Waals surface area contributed by atoms with Gasteiger partial charge < -0.3 is 10.3 Å². The summed E-state index contributed by atoms with van der Waals surface area (Å²) in [5.74, 6) is -0.386. The van der Waals surface area contributed by atoms with Crippen LogP contribution in [0.5, 0.6) is 0 Å². The van der Waals surface area contributed by atoms with Crippen molar-refractivity contribution in [2.45, 2.75) is 13.0 Å². The van der Waals surface area contributed by atoms with Crippen molar-refractivity contribution >= 4 is 38.8 Å². The van der Waals surface area contributed by atoms with E-state index >= 15 is 0 Å². The molecular weight excluding hydrogens is 378 g/mol. The number of aromatic nitrogens is 1. The average molecular weight is 394 g/mol. The number of carbonyl (C=O) groups excluding carboxylic acids is 1. The molecule has 2 aromatic carbocycles. The number of rotatable bonds is 4. The first-order valence-electron chi connectivity index (χ1n) is 7.82. The minimum absolute atomic E-state index is 0.0728. The van der Waals surface area contributed by atoms with Crippen molar-refractivity contribution < 1.29 is 4.79 Å². The summed E-state index contributed by atoms with van der Waals surface area (Å²) < 4.78 is 0.940. The predicted molar refractivity (Wildman–Crippen MR) is 103 cm³/mol. The van der Waals surface area contributed by atoms with Crippen molar-refractivity contribution in [1.29, 1.82) is 5.26 Å². The molecule has 2 N–H and O–H groups in total. The van der Waals surface area contributed by atoms with Crippen molar-refractivity contribution in [2.75, 3.05) is 0 Å². The first kappa shape index (κ1) is 17.0. The largest absolute Gasteiger partial charge is 0.361 e. The van der Waals surface area contributed by atoms with E-state index in [1.54, 1.807) is 12.3 Å². The summed E-state index contributed by atoms with van der Waals surface area (Å²) in [4.78, 5) is 15.6. The summed E-state index contributed by atoms with van der Waals surface area (Å²) in [6, 6.07) is 17.3. The molecule has 0 fully saturated rings. The highest BCUT2D eigenvalue weighted by molar-refractivity contribution is 9.10. The molecule has 0 spiro atoms. The van der Waals surface area contributed by atoms with Gasteiger partial charge in [-0.1, -0.05) is 46.3 Å². The number of H-pyrrole nitrogens is 1. The molecule has 0 radical (unpaired) electrons. The lowest BCUT2D eigenvalue weighted by molar-refractivity contribution is -0.117. The maximum absolute atomic E-state index is 12.5. The van der Waals surface area contributed by atoms with Crippen molar-refractivity contribution in [3.05, 3.63) is 75.9 Å². The van der Waals surface area contributed by atoms with Gasteiger partial charge in [0.2, 0.25) is 0 Å². The zero-order valence-electron chi connectivity index (χ0n) is 13.6. The highest BCUT2D eigenvalue weighted by atomic mass is 79.9. The predicted octanol–water partition coefficient (Wildman–Crippen LogP) is 4.71. The molecule has 3 aromatic rings. The lowest BCUT2D eigenvalue weighted by Crippen LogP contribution is -2.27. The number of nitrogens with one attached hydrogen (secondary N) is 2. The molecule has 1 amide bonds. The fourth-order valence-corrected chi connectivity index (χ4v) is 3.00. The number of fused-ring (bicyclic) bond motifs is 1. The molecule has 25 heavy (non-hydrogen) atoms. The van der Waals surface area contributed by atoms with Crippen LogP contribution in [0.25, 0.3) is 17.0 Å². The zero-order valence-corrected chi connectivity index (χ0v) is 15.2. The van der Waals surface area contributed by atoms with E-state index in [1.165, 1.54) is 0 Å². The van der Waals surface area contributed by atoms with Crippen LogP contribution < -0.4 is 5.32 Å². The third kappa shape index (κ3) is 3.81. The molecule has 0 aliphatic rings. The van der Waals surface area contributed by atoms with Crippen molar-refractivity contribution in [1.82, 2.24) is 10.3 Å². The van der Waals surface area contributed by atoms with Crippen LogP contribution in [0.15, 0.2) is 64.8 Å². The Bertz CT molecular complexity index is 983. The molecule has 0 aliphatic carbocycles. The summed E-state index contributed by atoms with van der Waals surface area (Å²) in [7, 11) is 0. The van der Waals surface area contributed by atoms with Gasteiger partial charge >= 0.3 is 0 Å². The number of amides is 1. The standard InChI is InChI=1S/C20H16BrN3O/c1-13(14-5-3-2-4-6-14)24-20(25)15(11-22)9-16-12-23-19-8-7-17(21)10-18(16)19/h2-10,12-13,23H,1H3,(H,24,25)/b15-9-/t13-/m0/s1. The minimum Gasteiger partial charge on any atom is -0.361 e. The number of carbonyl (C=O) groups is 1. The molecule has 0 aliphatic heterocycles. The van der Waals surface area contributed by atoms with E-state index in [1.807, 2.05) is 61.5 Å². The average Bonchev–Trinajstić information content (AvgIpc) is 3.02.